The molecule has 1 fully saturated rings. The molecule has 0 N–H and O–H groups in total. The van der Waals surface area contributed by atoms with Crippen LogP contribution in [0.15, 0.2) is 0 Å². The standard InChI is InChI=1S/C9H19NO3S/c1-9(2,3)10-6-5-8(7-10)13-14(4,11)12/h8H,5-7H2,1-4H3. The van der Waals surface area contributed by atoms with Gasteiger partial charge in [0.05, 0.1) is 12.4 Å². The van der Waals surface area contributed by atoms with Gasteiger partial charge in [0.2, 0.25) is 0 Å². The zero-order valence-electron chi connectivity index (χ0n) is 9.28. The lowest BCUT2D eigenvalue weighted by Gasteiger charge is -2.31. The van der Waals surface area contributed by atoms with Crippen molar-refractivity contribution in [3.8, 4) is 0 Å². The van der Waals surface area contributed by atoms with Gasteiger partial charge in [-0.1, -0.05) is 0 Å². The van der Waals surface area contributed by atoms with Crippen molar-refractivity contribution < 1.29 is 12.6 Å². The highest BCUT2D eigenvalue weighted by atomic mass is 32.2. The number of hydrogen-bond donors (Lipinski definition) is 0. The Bertz CT molecular complexity index is 292. The SMILES string of the molecule is CC(C)(C)N1CCC(OS(C)(=O)=O)C1. The molecule has 0 radical (unpaired) electrons. The molecule has 1 rings (SSSR count). The van der Waals surface area contributed by atoms with Crippen LogP contribution in [-0.4, -0.2) is 44.3 Å². The summed E-state index contributed by atoms with van der Waals surface area (Å²) in [6, 6.07) is 0. The van der Waals surface area contributed by atoms with Crippen molar-refractivity contribution in [2.24, 2.45) is 0 Å². The van der Waals surface area contributed by atoms with Crippen molar-refractivity contribution in [1.29, 1.82) is 0 Å². The molecule has 0 aliphatic carbocycles. The summed E-state index contributed by atoms with van der Waals surface area (Å²) in [7, 11) is -3.30. The van der Waals surface area contributed by atoms with Crippen LogP contribution in [0, 0.1) is 0 Å². The molecule has 1 heterocycles. The van der Waals surface area contributed by atoms with Gasteiger partial charge >= 0.3 is 0 Å². The van der Waals surface area contributed by atoms with Gasteiger partial charge < -0.3 is 0 Å². The lowest BCUT2D eigenvalue weighted by atomic mass is 10.1. The number of likely N-dealkylation sites (tertiary alicyclic amines) is 1. The molecule has 0 aromatic carbocycles. The highest BCUT2D eigenvalue weighted by Crippen LogP contribution is 2.22. The summed E-state index contributed by atoms with van der Waals surface area (Å²) < 4.78 is 26.8. The Morgan fingerprint density at radius 3 is 2.29 bits per heavy atom. The van der Waals surface area contributed by atoms with Crippen molar-refractivity contribution in [2.45, 2.75) is 38.8 Å². The van der Waals surface area contributed by atoms with Crippen molar-refractivity contribution >= 4 is 10.1 Å². The van der Waals surface area contributed by atoms with E-state index in [1.165, 1.54) is 0 Å². The second-order valence-corrected chi connectivity index (χ2v) is 6.43. The van der Waals surface area contributed by atoms with Crippen LogP contribution < -0.4 is 0 Å². The topological polar surface area (TPSA) is 46.6 Å². The molecule has 1 saturated heterocycles. The zero-order valence-corrected chi connectivity index (χ0v) is 10.1. The molecule has 0 spiro atoms. The van der Waals surface area contributed by atoms with E-state index in [4.69, 9.17) is 4.18 Å². The average Bonchev–Trinajstić information content (AvgIpc) is 2.29. The minimum Gasteiger partial charge on any atom is -0.296 e. The lowest BCUT2D eigenvalue weighted by Crippen LogP contribution is -2.40. The highest BCUT2D eigenvalue weighted by Gasteiger charge is 2.32. The molecular formula is C9H19NO3S. The van der Waals surface area contributed by atoms with Crippen molar-refractivity contribution in [3.05, 3.63) is 0 Å². The quantitative estimate of drug-likeness (QED) is 0.648. The third-order valence-electron chi connectivity index (χ3n) is 2.40. The molecule has 14 heavy (non-hydrogen) atoms. The van der Waals surface area contributed by atoms with Gasteiger partial charge in [-0.05, 0) is 27.2 Å². The Labute approximate surface area is 86.4 Å². The van der Waals surface area contributed by atoms with E-state index < -0.39 is 10.1 Å². The molecule has 1 aliphatic rings. The monoisotopic (exact) mass is 221 g/mol. The van der Waals surface area contributed by atoms with Gasteiger partial charge in [0.25, 0.3) is 10.1 Å². The molecule has 0 aromatic rings. The fourth-order valence-electron chi connectivity index (χ4n) is 1.66. The summed E-state index contributed by atoms with van der Waals surface area (Å²) in [6.45, 7) is 7.97. The van der Waals surface area contributed by atoms with Gasteiger partial charge in [-0.2, -0.15) is 8.42 Å². The Balaban J connectivity index is 2.50. The summed E-state index contributed by atoms with van der Waals surface area (Å²) >= 11 is 0. The lowest BCUT2D eigenvalue weighted by molar-refractivity contribution is 0.144. The van der Waals surface area contributed by atoms with E-state index in [0.29, 0.717) is 6.54 Å². The first kappa shape index (κ1) is 11.9. The Morgan fingerprint density at radius 2 is 1.93 bits per heavy atom. The smallest absolute Gasteiger partial charge is 0.264 e. The van der Waals surface area contributed by atoms with Gasteiger partial charge in [-0.25, -0.2) is 0 Å². The minimum absolute atomic E-state index is 0.0929. The number of hydrogen-bond acceptors (Lipinski definition) is 4. The summed E-state index contributed by atoms with van der Waals surface area (Å²) in [4.78, 5) is 2.24. The van der Waals surface area contributed by atoms with E-state index in [9.17, 15) is 8.42 Å². The predicted octanol–water partition coefficient (Wildman–Crippen LogP) is 0.835. The molecule has 1 aliphatic heterocycles. The van der Waals surface area contributed by atoms with Crippen molar-refractivity contribution in [2.75, 3.05) is 19.3 Å². The normalized spacial score (nSPS) is 25.6. The number of rotatable bonds is 2. The van der Waals surface area contributed by atoms with Crippen LogP contribution in [0.25, 0.3) is 0 Å². The van der Waals surface area contributed by atoms with Crippen LogP contribution in [-0.2, 0) is 14.3 Å². The van der Waals surface area contributed by atoms with E-state index in [0.717, 1.165) is 19.2 Å². The van der Waals surface area contributed by atoms with Gasteiger partial charge in [0, 0.05) is 18.6 Å². The molecule has 0 saturated carbocycles. The second-order valence-electron chi connectivity index (χ2n) is 4.83. The second kappa shape index (κ2) is 3.79. The van der Waals surface area contributed by atoms with Crippen LogP contribution in [0.3, 0.4) is 0 Å². The third-order valence-corrected chi connectivity index (χ3v) is 3.03. The molecule has 1 unspecified atom stereocenters. The molecule has 5 heteroatoms. The maximum atomic E-state index is 10.9. The third kappa shape index (κ3) is 3.55. The van der Waals surface area contributed by atoms with E-state index in [1.807, 2.05) is 0 Å². The molecule has 0 amide bonds. The van der Waals surface area contributed by atoms with E-state index in [2.05, 4.69) is 25.7 Å². The van der Waals surface area contributed by atoms with E-state index in [-0.39, 0.29) is 11.6 Å². The summed E-state index contributed by atoms with van der Waals surface area (Å²) in [5.74, 6) is 0. The first-order valence-corrected chi connectivity index (χ1v) is 6.63. The van der Waals surface area contributed by atoms with Gasteiger partial charge in [0.1, 0.15) is 0 Å². The number of nitrogens with zero attached hydrogens (tertiary/aromatic N) is 1. The van der Waals surface area contributed by atoms with E-state index >= 15 is 0 Å². The molecule has 1 atom stereocenters. The van der Waals surface area contributed by atoms with Crippen LogP contribution in [0.4, 0.5) is 0 Å². The Kier molecular flexibility index (Phi) is 3.23. The fourth-order valence-corrected chi connectivity index (χ4v) is 2.31. The summed E-state index contributed by atoms with van der Waals surface area (Å²) in [5.41, 5.74) is 0.0929. The maximum absolute atomic E-state index is 10.9. The van der Waals surface area contributed by atoms with Gasteiger partial charge in [-0.15, -0.1) is 0 Å². The van der Waals surface area contributed by atoms with Gasteiger partial charge in [0.15, 0.2) is 0 Å². The molecule has 4 nitrogen and oxygen atoms in total. The largest absolute Gasteiger partial charge is 0.296 e. The first-order chi connectivity index (χ1) is 6.18. The summed E-state index contributed by atoms with van der Waals surface area (Å²) in [5, 5.41) is 0. The van der Waals surface area contributed by atoms with Crippen LogP contribution in [0.2, 0.25) is 0 Å². The fraction of sp³-hybridized carbons (Fsp3) is 1.00. The molecular weight excluding hydrogens is 202 g/mol. The van der Waals surface area contributed by atoms with Crippen LogP contribution in [0.1, 0.15) is 27.2 Å². The zero-order chi connectivity index (χ0) is 11.0. The first-order valence-electron chi connectivity index (χ1n) is 4.82. The van der Waals surface area contributed by atoms with Crippen LogP contribution in [0.5, 0.6) is 0 Å². The maximum Gasteiger partial charge on any atom is 0.264 e. The van der Waals surface area contributed by atoms with Crippen molar-refractivity contribution in [3.63, 3.8) is 0 Å². The molecule has 84 valence electrons. The molecule has 0 aromatic heterocycles. The van der Waals surface area contributed by atoms with Crippen LogP contribution >= 0.6 is 0 Å². The Morgan fingerprint density at radius 1 is 1.36 bits per heavy atom. The minimum atomic E-state index is -3.30. The van der Waals surface area contributed by atoms with E-state index in [1.54, 1.807) is 0 Å². The Hall–Kier alpha value is -0.130. The summed E-state index contributed by atoms with van der Waals surface area (Å²) in [6.07, 6.45) is 1.74. The average molecular weight is 221 g/mol. The van der Waals surface area contributed by atoms with Crippen molar-refractivity contribution in [1.82, 2.24) is 4.90 Å². The predicted molar refractivity (Wildman–Crippen MR) is 55.7 cm³/mol. The highest BCUT2D eigenvalue weighted by molar-refractivity contribution is 7.86. The molecule has 0 bridgehead atoms. The van der Waals surface area contributed by atoms with Gasteiger partial charge in [-0.3, -0.25) is 9.08 Å².